The number of hydrogen-bond acceptors (Lipinski definition) is 4. The van der Waals surface area contributed by atoms with Gasteiger partial charge in [0.2, 0.25) is 5.91 Å². The Bertz CT molecular complexity index is 603. The van der Waals surface area contributed by atoms with Gasteiger partial charge in [0.25, 0.3) is 0 Å². The van der Waals surface area contributed by atoms with Gasteiger partial charge in [0.15, 0.2) is 0 Å². The zero-order valence-electron chi connectivity index (χ0n) is 10.1. The molecule has 6 heteroatoms. The average Bonchev–Trinajstić information content (AvgIpc) is 2.41. The third-order valence-corrected chi connectivity index (χ3v) is 3.47. The van der Waals surface area contributed by atoms with Crippen LogP contribution in [0, 0.1) is 0 Å². The fraction of sp³-hybridized carbons (Fsp3) is 0.231. The van der Waals surface area contributed by atoms with Gasteiger partial charge in [0.1, 0.15) is 6.10 Å². The number of hydrogen-bond donors (Lipinski definition) is 3. The molecule has 1 amide bonds. The summed E-state index contributed by atoms with van der Waals surface area (Å²) in [6.07, 6.45) is 0.561. The first-order valence-corrected chi connectivity index (χ1v) is 6.59. The van der Waals surface area contributed by atoms with Gasteiger partial charge in [-0.2, -0.15) is 0 Å². The van der Waals surface area contributed by atoms with Crippen molar-refractivity contribution in [2.75, 3.05) is 6.54 Å². The van der Waals surface area contributed by atoms with E-state index in [9.17, 15) is 9.90 Å². The Labute approximate surface area is 119 Å². The van der Waals surface area contributed by atoms with Crippen molar-refractivity contribution >= 4 is 32.7 Å². The van der Waals surface area contributed by atoms with Crippen molar-refractivity contribution in [3.05, 3.63) is 40.5 Å². The highest BCUT2D eigenvalue weighted by Crippen LogP contribution is 2.24. The normalized spacial score (nSPS) is 12.5. The molecule has 0 saturated heterocycles. The predicted molar refractivity (Wildman–Crippen MR) is 76.4 cm³/mol. The second kappa shape index (κ2) is 6.10. The topological polar surface area (TPSA) is 88.2 Å². The van der Waals surface area contributed by atoms with Crippen molar-refractivity contribution in [2.24, 2.45) is 5.73 Å². The van der Waals surface area contributed by atoms with Crippen LogP contribution in [0.15, 0.2) is 34.9 Å². The fourth-order valence-electron chi connectivity index (χ4n) is 1.78. The maximum atomic E-state index is 10.7. The number of amides is 1. The van der Waals surface area contributed by atoms with Gasteiger partial charge in [0, 0.05) is 29.1 Å². The lowest BCUT2D eigenvalue weighted by Gasteiger charge is -2.10. The SMILES string of the molecule is NC(=O)C(O)CNCc1ccc(Br)c2cccnc12. The number of aliphatic hydroxyl groups is 1. The monoisotopic (exact) mass is 323 g/mol. The molecule has 0 saturated carbocycles. The molecule has 2 aromatic rings. The number of nitrogens with one attached hydrogen (secondary N) is 1. The van der Waals surface area contributed by atoms with Crippen LogP contribution >= 0.6 is 15.9 Å². The van der Waals surface area contributed by atoms with Crippen molar-refractivity contribution in [2.45, 2.75) is 12.6 Å². The van der Waals surface area contributed by atoms with Crippen molar-refractivity contribution in [3.63, 3.8) is 0 Å². The van der Waals surface area contributed by atoms with Gasteiger partial charge >= 0.3 is 0 Å². The summed E-state index contributed by atoms with van der Waals surface area (Å²) in [5.74, 6) is -0.730. The van der Waals surface area contributed by atoms with Gasteiger partial charge < -0.3 is 16.2 Å². The lowest BCUT2D eigenvalue weighted by molar-refractivity contribution is -0.125. The Hall–Kier alpha value is -1.50. The first-order chi connectivity index (χ1) is 9.09. The first-order valence-electron chi connectivity index (χ1n) is 5.80. The third-order valence-electron chi connectivity index (χ3n) is 2.78. The van der Waals surface area contributed by atoms with Gasteiger partial charge in [0.05, 0.1) is 5.52 Å². The number of rotatable bonds is 5. The van der Waals surface area contributed by atoms with E-state index in [-0.39, 0.29) is 6.54 Å². The maximum absolute atomic E-state index is 10.7. The standard InChI is InChI=1S/C13H14BrN3O2/c14-10-4-3-8(6-16-7-11(18)13(15)19)12-9(10)2-1-5-17-12/h1-5,11,16,18H,6-7H2,(H2,15,19). The Morgan fingerprint density at radius 3 is 3.00 bits per heavy atom. The third kappa shape index (κ3) is 3.28. The zero-order valence-corrected chi connectivity index (χ0v) is 11.7. The number of aliphatic hydroxyl groups excluding tert-OH is 1. The fourth-order valence-corrected chi connectivity index (χ4v) is 2.24. The highest BCUT2D eigenvalue weighted by atomic mass is 79.9. The van der Waals surface area contributed by atoms with Gasteiger partial charge in [-0.05, 0) is 17.7 Å². The number of benzene rings is 1. The summed E-state index contributed by atoms with van der Waals surface area (Å²) in [4.78, 5) is 15.1. The Balaban J connectivity index is 2.13. The summed E-state index contributed by atoms with van der Waals surface area (Å²) in [6.45, 7) is 0.630. The predicted octanol–water partition coefficient (Wildman–Crippen LogP) is 0.933. The van der Waals surface area contributed by atoms with E-state index >= 15 is 0 Å². The molecular formula is C13H14BrN3O2. The Morgan fingerprint density at radius 1 is 1.47 bits per heavy atom. The van der Waals surface area contributed by atoms with E-state index in [2.05, 4.69) is 26.2 Å². The van der Waals surface area contributed by atoms with Crippen LogP contribution in [0.25, 0.3) is 10.9 Å². The number of carbonyl (C=O) groups excluding carboxylic acids is 1. The Kier molecular flexibility index (Phi) is 4.47. The smallest absolute Gasteiger partial charge is 0.247 e. The van der Waals surface area contributed by atoms with Gasteiger partial charge in [-0.1, -0.05) is 28.1 Å². The molecule has 1 aromatic carbocycles. The molecule has 0 bridgehead atoms. The minimum Gasteiger partial charge on any atom is -0.382 e. The molecule has 1 unspecified atom stereocenters. The van der Waals surface area contributed by atoms with Crippen molar-refractivity contribution < 1.29 is 9.90 Å². The molecule has 1 aromatic heterocycles. The van der Waals surface area contributed by atoms with Crippen LogP contribution in [0.4, 0.5) is 0 Å². The number of halogens is 1. The van der Waals surface area contributed by atoms with Gasteiger partial charge in [-0.25, -0.2) is 0 Å². The van der Waals surface area contributed by atoms with E-state index in [0.717, 1.165) is 20.9 Å². The summed E-state index contributed by atoms with van der Waals surface area (Å²) in [7, 11) is 0. The number of carbonyl (C=O) groups is 1. The van der Waals surface area contributed by atoms with E-state index in [0.29, 0.717) is 6.54 Å². The molecule has 0 fully saturated rings. The second-order valence-electron chi connectivity index (χ2n) is 4.16. The number of fused-ring (bicyclic) bond motifs is 1. The summed E-state index contributed by atoms with van der Waals surface area (Å²) in [5, 5.41) is 13.3. The molecule has 1 atom stereocenters. The van der Waals surface area contributed by atoms with Crippen LogP contribution in [0.3, 0.4) is 0 Å². The van der Waals surface area contributed by atoms with E-state index < -0.39 is 12.0 Å². The van der Waals surface area contributed by atoms with Crippen molar-refractivity contribution in [1.82, 2.24) is 10.3 Å². The van der Waals surface area contributed by atoms with Crippen LogP contribution in [0.2, 0.25) is 0 Å². The van der Waals surface area contributed by atoms with Crippen molar-refractivity contribution in [1.29, 1.82) is 0 Å². The molecule has 0 spiro atoms. The van der Waals surface area contributed by atoms with E-state index in [1.807, 2.05) is 24.3 Å². The van der Waals surface area contributed by atoms with Crippen LogP contribution in [-0.2, 0) is 11.3 Å². The number of nitrogens with two attached hydrogens (primary N) is 1. The molecule has 19 heavy (non-hydrogen) atoms. The molecule has 0 aliphatic rings. The molecule has 0 radical (unpaired) electrons. The molecule has 100 valence electrons. The van der Waals surface area contributed by atoms with Crippen molar-refractivity contribution in [3.8, 4) is 0 Å². The molecule has 0 aliphatic carbocycles. The average molecular weight is 324 g/mol. The van der Waals surface area contributed by atoms with Gasteiger partial charge in [-0.3, -0.25) is 9.78 Å². The maximum Gasteiger partial charge on any atom is 0.247 e. The number of aromatic nitrogens is 1. The molecule has 5 nitrogen and oxygen atoms in total. The summed E-state index contributed by atoms with van der Waals surface area (Å²) in [6, 6.07) is 7.75. The highest BCUT2D eigenvalue weighted by molar-refractivity contribution is 9.10. The van der Waals surface area contributed by atoms with E-state index in [4.69, 9.17) is 5.73 Å². The largest absolute Gasteiger partial charge is 0.382 e. The molecule has 4 N–H and O–H groups in total. The molecule has 2 rings (SSSR count). The quantitative estimate of drug-likeness (QED) is 0.763. The summed E-state index contributed by atoms with van der Waals surface area (Å²) >= 11 is 3.48. The van der Waals surface area contributed by atoms with Crippen LogP contribution in [0.1, 0.15) is 5.56 Å². The van der Waals surface area contributed by atoms with Gasteiger partial charge in [-0.15, -0.1) is 0 Å². The van der Waals surface area contributed by atoms with Crippen LogP contribution < -0.4 is 11.1 Å². The highest BCUT2D eigenvalue weighted by Gasteiger charge is 2.10. The minimum atomic E-state index is -1.17. The zero-order chi connectivity index (χ0) is 13.8. The molecule has 0 aliphatic heterocycles. The van der Waals surface area contributed by atoms with E-state index in [1.54, 1.807) is 6.20 Å². The lowest BCUT2D eigenvalue weighted by atomic mass is 10.1. The number of primary amides is 1. The van der Waals surface area contributed by atoms with E-state index in [1.165, 1.54) is 0 Å². The summed E-state index contributed by atoms with van der Waals surface area (Å²) < 4.78 is 0.983. The number of pyridine rings is 1. The first kappa shape index (κ1) is 13.9. The second-order valence-corrected chi connectivity index (χ2v) is 5.01. The number of nitrogens with zero attached hydrogens (tertiary/aromatic N) is 1. The Morgan fingerprint density at radius 2 is 2.26 bits per heavy atom. The molecular weight excluding hydrogens is 310 g/mol. The van der Waals surface area contributed by atoms with Crippen LogP contribution in [0.5, 0.6) is 0 Å². The lowest BCUT2D eigenvalue weighted by Crippen LogP contribution is -2.37. The minimum absolute atomic E-state index is 0.125. The summed E-state index contributed by atoms with van der Waals surface area (Å²) in [5.41, 5.74) is 6.86. The molecule has 1 heterocycles. The van der Waals surface area contributed by atoms with Crippen LogP contribution in [-0.4, -0.2) is 28.6 Å².